The molecule has 3 rings (SSSR count). The third kappa shape index (κ3) is 2.87. The molecule has 7 heteroatoms. The van der Waals surface area contributed by atoms with Gasteiger partial charge in [-0.05, 0) is 37.8 Å². The lowest BCUT2D eigenvalue weighted by Crippen LogP contribution is -2.51. The molecule has 2 unspecified atom stereocenters. The fraction of sp³-hybridized carbons (Fsp3) is 0.500. The molecule has 2 aliphatic rings. The quantitative estimate of drug-likeness (QED) is 0.603. The number of aliphatic hydroxyl groups excluding tert-OH is 1. The lowest BCUT2D eigenvalue weighted by atomic mass is 10.00. The first-order valence-electron chi connectivity index (χ1n) is 6.98. The Bertz CT molecular complexity index is 566. The molecule has 2 amide bonds. The number of hydrogen-bond donors (Lipinski definition) is 2. The number of aliphatic hydroxyl groups is 1. The standard InChI is InChI=1S/C14H16ClN3O3/c15-12-5-8(3-4-16-12)17-13(20)14(21)18-9-1-2-10(18)7-11(19)6-9/h3-5,9-11,19H,1-2,6-7H2,(H,16,17,20). The molecule has 2 saturated heterocycles. The van der Waals surface area contributed by atoms with E-state index < -0.39 is 11.8 Å². The minimum absolute atomic E-state index is 0.0296. The minimum atomic E-state index is -0.675. The summed E-state index contributed by atoms with van der Waals surface area (Å²) in [7, 11) is 0. The highest BCUT2D eigenvalue weighted by Gasteiger charge is 2.44. The molecule has 0 aliphatic carbocycles. The number of halogens is 1. The van der Waals surface area contributed by atoms with Crippen LogP contribution in [0.5, 0.6) is 0 Å². The van der Waals surface area contributed by atoms with Crippen molar-refractivity contribution in [1.82, 2.24) is 9.88 Å². The van der Waals surface area contributed by atoms with E-state index in [4.69, 9.17) is 11.6 Å². The summed E-state index contributed by atoms with van der Waals surface area (Å²) < 4.78 is 0. The highest BCUT2D eigenvalue weighted by molar-refractivity contribution is 6.40. The molecule has 0 aromatic carbocycles. The highest BCUT2D eigenvalue weighted by Crippen LogP contribution is 2.35. The number of rotatable bonds is 1. The number of carbonyl (C=O) groups is 2. The molecule has 0 spiro atoms. The van der Waals surface area contributed by atoms with Crippen LogP contribution in [0.4, 0.5) is 5.69 Å². The Balaban J connectivity index is 1.69. The summed E-state index contributed by atoms with van der Waals surface area (Å²) >= 11 is 5.74. The summed E-state index contributed by atoms with van der Waals surface area (Å²) in [6, 6.07) is 3.00. The van der Waals surface area contributed by atoms with Crippen LogP contribution < -0.4 is 5.32 Å². The number of aromatic nitrogens is 1. The Morgan fingerprint density at radius 3 is 2.62 bits per heavy atom. The summed E-state index contributed by atoms with van der Waals surface area (Å²) in [5, 5.41) is 12.5. The van der Waals surface area contributed by atoms with Gasteiger partial charge in [0.15, 0.2) is 0 Å². The van der Waals surface area contributed by atoms with E-state index in [1.807, 2.05) is 0 Å². The maximum atomic E-state index is 12.3. The monoisotopic (exact) mass is 309 g/mol. The van der Waals surface area contributed by atoms with Crippen LogP contribution >= 0.6 is 11.6 Å². The molecule has 6 nitrogen and oxygen atoms in total. The smallest absolute Gasteiger partial charge is 0.313 e. The predicted molar refractivity (Wildman–Crippen MR) is 76.8 cm³/mol. The number of amides is 2. The molecule has 1 aromatic heterocycles. The molecule has 112 valence electrons. The van der Waals surface area contributed by atoms with Crippen LogP contribution in [0.15, 0.2) is 18.3 Å². The highest BCUT2D eigenvalue weighted by atomic mass is 35.5. The number of piperidine rings is 1. The van der Waals surface area contributed by atoms with E-state index in [1.54, 1.807) is 11.0 Å². The second-order valence-corrected chi connectivity index (χ2v) is 5.93. The molecule has 21 heavy (non-hydrogen) atoms. The van der Waals surface area contributed by atoms with Crippen LogP contribution in [-0.4, -0.2) is 45.0 Å². The Hall–Kier alpha value is -1.66. The summed E-state index contributed by atoms with van der Waals surface area (Å²) in [4.78, 5) is 29.9. The average molecular weight is 310 g/mol. The average Bonchev–Trinajstić information content (AvgIpc) is 2.70. The van der Waals surface area contributed by atoms with Gasteiger partial charge in [-0.15, -0.1) is 0 Å². The lowest BCUT2D eigenvalue weighted by Gasteiger charge is -2.36. The largest absolute Gasteiger partial charge is 0.393 e. The normalized spacial score (nSPS) is 27.5. The molecular weight excluding hydrogens is 294 g/mol. The Kier molecular flexibility index (Phi) is 3.82. The van der Waals surface area contributed by atoms with Gasteiger partial charge in [0.05, 0.1) is 6.10 Å². The maximum absolute atomic E-state index is 12.3. The van der Waals surface area contributed by atoms with Gasteiger partial charge in [0.25, 0.3) is 0 Å². The topological polar surface area (TPSA) is 82.5 Å². The van der Waals surface area contributed by atoms with E-state index in [9.17, 15) is 14.7 Å². The van der Waals surface area contributed by atoms with Crippen LogP contribution in [0.25, 0.3) is 0 Å². The van der Waals surface area contributed by atoms with Gasteiger partial charge >= 0.3 is 11.8 Å². The van der Waals surface area contributed by atoms with Gasteiger partial charge in [0.2, 0.25) is 0 Å². The van der Waals surface area contributed by atoms with Gasteiger partial charge in [0.1, 0.15) is 5.15 Å². The first-order valence-corrected chi connectivity index (χ1v) is 7.35. The zero-order valence-electron chi connectivity index (χ0n) is 11.3. The van der Waals surface area contributed by atoms with Crippen LogP contribution in [0.3, 0.4) is 0 Å². The van der Waals surface area contributed by atoms with Gasteiger partial charge in [-0.25, -0.2) is 4.98 Å². The van der Waals surface area contributed by atoms with Crippen molar-refractivity contribution >= 4 is 29.1 Å². The van der Waals surface area contributed by atoms with Gasteiger partial charge in [-0.3, -0.25) is 9.59 Å². The summed E-state index contributed by atoms with van der Waals surface area (Å²) in [5.74, 6) is -1.21. The molecule has 0 saturated carbocycles. The van der Waals surface area contributed by atoms with E-state index in [1.165, 1.54) is 12.3 Å². The van der Waals surface area contributed by atoms with Crippen molar-refractivity contribution in [2.24, 2.45) is 0 Å². The molecular formula is C14H16ClN3O3. The number of carbonyl (C=O) groups excluding carboxylic acids is 2. The van der Waals surface area contributed by atoms with E-state index in [0.29, 0.717) is 18.5 Å². The molecule has 2 atom stereocenters. The first-order chi connectivity index (χ1) is 10.0. The zero-order chi connectivity index (χ0) is 15.0. The Morgan fingerprint density at radius 1 is 1.33 bits per heavy atom. The molecule has 2 N–H and O–H groups in total. The van der Waals surface area contributed by atoms with Gasteiger partial charge in [0, 0.05) is 24.0 Å². The number of nitrogens with zero attached hydrogens (tertiary/aromatic N) is 2. The van der Waals surface area contributed by atoms with E-state index in [-0.39, 0.29) is 23.3 Å². The Labute approximate surface area is 127 Å². The SMILES string of the molecule is O=C(Nc1ccnc(Cl)c1)C(=O)N1C2CCC1CC(O)C2. The third-order valence-electron chi connectivity index (χ3n) is 4.12. The lowest BCUT2D eigenvalue weighted by molar-refractivity contribution is -0.147. The van der Waals surface area contributed by atoms with Gasteiger partial charge in [-0.1, -0.05) is 11.6 Å². The molecule has 2 aliphatic heterocycles. The molecule has 2 bridgehead atoms. The number of nitrogens with one attached hydrogen (secondary N) is 1. The van der Waals surface area contributed by atoms with E-state index in [0.717, 1.165) is 12.8 Å². The number of pyridine rings is 1. The summed E-state index contributed by atoms with van der Waals surface area (Å²) in [6.07, 6.45) is 3.90. The zero-order valence-corrected chi connectivity index (χ0v) is 12.1. The van der Waals surface area contributed by atoms with E-state index >= 15 is 0 Å². The molecule has 0 radical (unpaired) electrons. The van der Waals surface area contributed by atoms with Crippen LogP contribution in [0.1, 0.15) is 25.7 Å². The molecule has 2 fully saturated rings. The molecule has 1 aromatic rings. The van der Waals surface area contributed by atoms with Crippen LogP contribution in [-0.2, 0) is 9.59 Å². The van der Waals surface area contributed by atoms with Crippen molar-refractivity contribution in [2.45, 2.75) is 43.9 Å². The van der Waals surface area contributed by atoms with Crippen molar-refractivity contribution in [3.63, 3.8) is 0 Å². The maximum Gasteiger partial charge on any atom is 0.313 e. The number of fused-ring (bicyclic) bond motifs is 2. The van der Waals surface area contributed by atoms with Crippen molar-refractivity contribution in [1.29, 1.82) is 0 Å². The fourth-order valence-electron chi connectivity index (χ4n) is 3.26. The van der Waals surface area contributed by atoms with Crippen molar-refractivity contribution in [3.05, 3.63) is 23.5 Å². The third-order valence-corrected chi connectivity index (χ3v) is 4.33. The van der Waals surface area contributed by atoms with Crippen molar-refractivity contribution in [2.75, 3.05) is 5.32 Å². The van der Waals surface area contributed by atoms with E-state index in [2.05, 4.69) is 10.3 Å². The van der Waals surface area contributed by atoms with Crippen LogP contribution in [0.2, 0.25) is 5.15 Å². The fourth-order valence-corrected chi connectivity index (χ4v) is 3.44. The second kappa shape index (κ2) is 5.61. The minimum Gasteiger partial charge on any atom is -0.393 e. The van der Waals surface area contributed by atoms with Crippen molar-refractivity contribution < 1.29 is 14.7 Å². The predicted octanol–water partition coefficient (Wildman–Crippen LogP) is 1.19. The van der Waals surface area contributed by atoms with Gasteiger partial charge in [-0.2, -0.15) is 0 Å². The molecule has 3 heterocycles. The summed E-state index contributed by atoms with van der Waals surface area (Å²) in [5.41, 5.74) is 0.442. The van der Waals surface area contributed by atoms with Crippen LogP contribution in [0, 0.1) is 0 Å². The number of anilines is 1. The van der Waals surface area contributed by atoms with Gasteiger partial charge < -0.3 is 15.3 Å². The Morgan fingerprint density at radius 2 is 2.00 bits per heavy atom. The number of hydrogen-bond acceptors (Lipinski definition) is 4. The second-order valence-electron chi connectivity index (χ2n) is 5.54. The first kappa shape index (κ1) is 14.3. The summed E-state index contributed by atoms with van der Waals surface area (Å²) in [6.45, 7) is 0. The van der Waals surface area contributed by atoms with Crippen molar-refractivity contribution in [3.8, 4) is 0 Å².